The number of hydrogen-bond acceptors (Lipinski definition) is 6. The van der Waals surface area contributed by atoms with Crippen molar-refractivity contribution in [2.75, 3.05) is 7.11 Å². The van der Waals surface area contributed by atoms with E-state index in [-0.39, 0.29) is 12.0 Å². The van der Waals surface area contributed by atoms with Crippen LogP contribution in [0.2, 0.25) is 0 Å². The van der Waals surface area contributed by atoms with Gasteiger partial charge in [0.25, 0.3) is 0 Å². The lowest BCUT2D eigenvalue weighted by Crippen LogP contribution is -2.39. The molecule has 0 spiro atoms. The number of carbonyl (C=O) groups is 1. The highest BCUT2D eigenvalue weighted by atomic mass is 16.5. The topological polar surface area (TPSA) is 77.2 Å². The maximum atomic E-state index is 11.5. The van der Waals surface area contributed by atoms with E-state index < -0.39 is 0 Å². The summed E-state index contributed by atoms with van der Waals surface area (Å²) in [5.41, 5.74) is 0. The van der Waals surface area contributed by atoms with Crippen LogP contribution in [0.3, 0.4) is 0 Å². The summed E-state index contributed by atoms with van der Waals surface area (Å²) in [6.45, 7) is 2.16. The van der Waals surface area contributed by atoms with Crippen LogP contribution in [0.25, 0.3) is 0 Å². The van der Waals surface area contributed by atoms with Gasteiger partial charge in [-0.15, -0.1) is 0 Å². The van der Waals surface area contributed by atoms with Gasteiger partial charge in [-0.3, -0.25) is 10.1 Å². The first-order valence-electron chi connectivity index (χ1n) is 5.31. The number of esters is 1. The molecule has 1 aliphatic carbocycles. The van der Waals surface area contributed by atoms with E-state index in [2.05, 4.69) is 15.5 Å². The molecule has 1 fully saturated rings. The number of aryl methyl sites for hydroxylation is 1. The van der Waals surface area contributed by atoms with Crippen LogP contribution in [-0.2, 0) is 16.1 Å². The van der Waals surface area contributed by atoms with Gasteiger partial charge in [0.15, 0.2) is 5.82 Å². The Bertz CT molecular complexity index is 373. The Morgan fingerprint density at radius 3 is 2.94 bits per heavy atom. The largest absolute Gasteiger partial charge is 0.468 e. The van der Waals surface area contributed by atoms with Crippen LogP contribution >= 0.6 is 0 Å². The maximum absolute atomic E-state index is 11.5. The Morgan fingerprint density at radius 1 is 1.69 bits per heavy atom. The van der Waals surface area contributed by atoms with E-state index in [4.69, 9.17) is 9.26 Å². The van der Waals surface area contributed by atoms with E-state index in [1.807, 2.05) is 0 Å². The Morgan fingerprint density at radius 2 is 2.44 bits per heavy atom. The lowest BCUT2D eigenvalue weighted by Gasteiger charge is -2.13. The minimum atomic E-state index is -0.246. The molecule has 0 aliphatic heterocycles. The smallest absolute Gasteiger partial charge is 0.323 e. The summed E-state index contributed by atoms with van der Waals surface area (Å²) in [7, 11) is 1.40. The number of nitrogens with zero attached hydrogens (tertiary/aromatic N) is 2. The molecule has 1 aromatic heterocycles. The summed E-state index contributed by atoms with van der Waals surface area (Å²) in [6, 6.07) is -0.246. The third-order valence-corrected chi connectivity index (χ3v) is 2.60. The van der Waals surface area contributed by atoms with Gasteiger partial charge < -0.3 is 9.26 Å². The predicted molar refractivity (Wildman–Crippen MR) is 54.4 cm³/mol. The molecule has 0 aromatic carbocycles. The average Bonchev–Trinajstić information content (AvgIpc) is 3.02. The van der Waals surface area contributed by atoms with Gasteiger partial charge in [0, 0.05) is 6.92 Å². The summed E-state index contributed by atoms with van der Waals surface area (Å²) >= 11 is 0. The number of ether oxygens (including phenoxy) is 1. The quantitative estimate of drug-likeness (QED) is 0.732. The fourth-order valence-electron chi connectivity index (χ4n) is 1.61. The van der Waals surface area contributed by atoms with E-state index in [1.165, 1.54) is 7.11 Å². The van der Waals surface area contributed by atoms with Crippen molar-refractivity contribution in [2.45, 2.75) is 32.4 Å². The molecular weight excluding hydrogens is 210 g/mol. The molecule has 0 bridgehead atoms. The zero-order valence-electron chi connectivity index (χ0n) is 9.40. The minimum Gasteiger partial charge on any atom is -0.468 e. The first-order valence-corrected chi connectivity index (χ1v) is 5.31. The normalized spacial score (nSPS) is 17.1. The van der Waals surface area contributed by atoms with Crippen molar-refractivity contribution in [3.8, 4) is 0 Å². The van der Waals surface area contributed by atoms with Crippen molar-refractivity contribution < 1.29 is 14.1 Å². The molecular formula is C10H15N3O3. The first kappa shape index (κ1) is 11.1. The zero-order valence-corrected chi connectivity index (χ0v) is 9.40. The Balaban J connectivity index is 1.88. The summed E-state index contributed by atoms with van der Waals surface area (Å²) in [5, 5.41) is 6.85. The molecule has 88 valence electrons. The van der Waals surface area contributed by atoms with Crippen LogP contribution in [0.5, 0.6) is 0 Å². The van der Waals surface area contributed by atoms with Crippen molar-refractivity contribution >= 4 is 5.97 Å². The molecule has 6 heteroatoms. The summed E-state index contributed by atoms with van der Waals surface area (Å²) in [6.07, 6.45) is 2.13. The number of hydrogen-bond donors (Lipinski definition) is 1. The van der Waals surface area contributed by atoms with Crippen LogP contribution in [-0.4, -0.2) is 29.3 Å². The van der Waals surface area contributed by atoms with Crippen LogP contribution in [0.4, 0.5) is 0 Å². The van der Waals surface area contributed by atoms with E-state index >= 15 is 0 Å². The first-order chi connectivity index (χ1) is 7.70. The van der Waals surface area contributed by atoms with Crippen LogP contribution in [0, 0.1) is 12.8 Å². The highest BCUT2D eigenvalue weighted by Crippen LogP contribution is 2.33. The van der Waals surface area contributed by atoms with Crippen LogP contribution in [0.15, 0.2) is 4.52 Å². The van der Waals surface area contributed by atoms with Gasteiger partial charge in [-0.2, -0.15) is 4.98 Å². The molecule has 1 N–H and O–H groups in total. The minimum absolute atomic E-state index is 0.220. The molecule has 1 atom stereocenters. The fraction of sp³-hybridized carbons (Fsp3) is 0.700. The number of rotatable bonds is 5. The number of methoxy groups -OCH3 is 1. The SMILES string of the molecule is COC(=O)C(NCc1noc(C)n1)C1CC1. The van der Waals surface area contributed by atoms with Gasteiger partial charge in [0.05, 0.1) is 13.7 Å². The number of aromatic nitrogens is 2. The Labute approximate surface area is 93.4 Å². The molecule has 1 unspecified atom stereocenters. The lowest BCUT2D eigenvalue weighted by atomic mass is 10.2. The van der Waals surface area contributed by atoms with Crippen LogP contribution < -0.4 is 5.32 Å². The van der Waals surface area contributed by atoms with E-state index in [0.717, 1.165) is 12.8 Å². The van der Waals surface area contributed by atoms with E-state index in [9.17, 15) is 4.79 Å². The van der Waals surface area contributed by atoms with Crippen molar-refractivity contribution in [1.29, 1.82) is 0 Å². The Hall–Kier alpha value is -1.43. The maximum Gasteiger partial charge on any atom is 0.323 e. The second kappa shape index (κ2) is 4.61. The van der Waals surface area contributed by atoms with Gasteiger partial charge >= 0.3 is 5.97 Å². The van der Waals surface area contributed by atoms with Gasteiger partial charge in [0.1, 0.15) is 6.04 Å². The molecule has 1 heterocycles. The number of carbonyl (C=O) groups excluding carboxylic acids is 1. The molecule has 16 heavy (non-hydrogen) atoms. The average molecular weight is 225 g/mol. The monoisotopic (exact) mass is 225 g/mol. The fourth-order valence-corrected chi connectivity index (χ4v) is 1.61. The van der Waals surface area contributed by atoms with Crippen molar-refractivity contribution in [3.63, 3.8) is 0 Å². The second-order valence-electron chi connectivity index (χ2n) is 3.95. The van der Waals surface area contributed by atoms with E-state index in [1.54, 1.807) is 6.92 Å². The number of nitrogens with one attached hydrogen (secondary N) is 1. The molecule has 6 nitrogen and oxygen atoms in total. The Kier molecular flexibility index (Phi) is 3.19. The summed E-state index contributed by atoms with van der Waals surface area (Å²) < 4.78 is 9.58. The zero-order chi connectivity index (χ0) is 11.5. The highest BCUT2D eigenvalue weighted by molar-refractivity contribution is 5.76. The lowest BCUT2D eigenvalue weighted by molar-refractivity contribution is -0.143. The molecule has 1 saturated carbocycles. The molecule has 1 aliphatic rings. The van der Waals surface area contributed by atoms with Gasteiger partial charge in [-0.1, -0.05) is 5.16 Å². The molecule has 0 amide bonds. The summed E-state index contributed by atoms with van der Waals surface area (Å²) in [4.78, 5) is 15.5. The van der Waals surface area contributed by atoms with Crippen molar-refractivity contribution in [2.24, 2.45) is 5.92 Å². The standard InChI is InChI=1S/C10H15N3O3/c1-6-12-8(13-16-6)5-11-9(7-3-4-7)10(14)15-2/h7,9,11H,3-5H2,1-2H3. The molecule has 0 saturated heterocycles. The van der Waals surface area contributed by atoms with Crippen molar-refractivity contribution in [3.05, 3.63) is 11.7 Å². The predicted octanol–water partition coefficient (Wildman–Crippen LogP) is 0.419. The second-order valence-corrected chi connectivity index (χ2v) is 3.95. The highest BCUT2D eigenvalue weighted by Gasteiger charge is 2.36. The third-order valence-electron chi connectivity index (χ3n) is 2.60. The molecule has 1 aromatic rings. The third kappa shape index (κ3) is 2.57. The van der Waals surface area contributed by atoms with Gasteiger partial charge in [-0.25, -0.2) is 0 Å². The van der Waals surface area contributed by atoms with Gasteiger partial charge in [-0.05, 0) is 18.8 Å². The molecule has 0 radical (unpaired) electrons. The molecule has 2 rings (SSSR count). The van der Waals surface area contributed by atoms with Crippen LogP contribution in [0.1, 0.15) is 24.6 Å². The van der Waals surface area contributed by atoms with E-state index in [0.29, 0.717) is 24.2 Å². The summed E-state index contributed by atoms with van der Waals surface area (Å²) in [5.74, 6) is 1.26. The van der Waals surface area contributed by atoms with Crippen molar-refractivity contribution in [1.82, 2.24) is 15.5 Å². The van der Waals surface area contributed by atoms with Gasteiger partial charge in [0.2, 0.25) is 5.89 Å².